The Morgan fingerprint density at radius 1 is 1.17 bits per heavy atom. The van der Waals surface area contributed by atoms with Gasteiger partial charge in [-0.2, -0.15) is 18.3 Å². The third-order valence-electron chi connectivity index (χ3n) is 6.94. The van der Waals surface area contributed by atoms with E-state index < -0.39 is 11.7 Å². The number of nitrogens with zero attached hydrogens (tertiary/aromatic N) is 6. The summed E-state index contributed by atoms with van der Waals surface area (Å²) in [6.07, 6.45) is 2.51. The second kappa shape index (κ2) is 9.65. The van der Waals surface area contributed by atoms with Crippen LogP contribution in [0.15, 0.2) is 42.7 Å². The van der Waals surface area contributed by atoms with Crippen LogP contribution in [0.3, 0.4) is 0 Å². The molecule has 7 nitrogen and oxygen atoms in total. The summed E-state index contributed by atoms with van der Waals surface area (Å²) >= 11 is 0. The van der Waals surface area contributed by atoms with E-state index in [1.54, 1.807) is 17.2 Å². The van der Waals surface area contributed by atoms with Crippen LogP contribution in [-0.2, 0) is 6.18 Å². The van der Waals surface area contributed by atoms with Gasteiger partial charge in [-0.25, -0.2) is 14.6 Å². The van der Waals surface area contributed by atoms with Crippen LogP contribution in [0, 0.1) is 5.92 Å². The molecule has 2 aliphatic rings. The second-order valence-electron chi connectivity index (χ2n) is 9.87. The monoisotopic (exact) mass is 498 g/mol. The fourth-order valence-corrected chi connectivity index (χ4v) is 5.08. The standard InChI is InChI=1S/C26H29F3N6O/c1-33-13-5-6-17(15-33)16-34(2)24(36)20-14-31-35(23(20)18-9-10-18)25-30-12-11-22(32-25)19-7-3-4-8-21(19)26(27,28)29/h3-4,7-8,11-12,14,17-18H,5-6,9-10,13,15-16H2,1-2H3. The Kier molecular flexibility index (Phi) is 6.55. The SMILES string of the molecule is CN1CCCC(CN(C)C(=O)c2cnn(-c3nccc(-c4ccccc4C(F)(F)F)n3)c2C2CC2)C1. The lowest BCUT2D eigenvalue weighted by molar-refractivity contribution is -0.137. The van der Waals surface area contributed by atoms with Crippen LogP contribution in [0.25, 0.3) is 17.2 Å². The van der Waals surface area contributed by atoms with Crippen LogP contribution in [0.2, 0.25) is 0 Å². The van der Waals surface area contributed by atoms with Crippen molar-refractivity contribution < 1.29 is 18.0 Å². The topological polar surface area (TPSA) is 67.2 Å². The fourth-order valence-electron chi connectivity index (χ4n) is 5.08. The molecule has 5 rings (SSSR count). The van der Waals surface area contributed by atoms with Gasteiger partial charge in [0.05, 0.1) is 28.7 Å². The highest BCUT2D eigenvalue weighted by molar-refractivity contribution is 5.95. The highest BCUT2D eigenvalue weighted by Gasteiger charge is 2.36. The first-order valence-corrected chi connectivity index (χ1v) is 12.2. The first kappa shape index (κ1) is 24.4. The average molecular weight is 499 g/mol. The van der Waals surface area contributed by atoms with Gasteiger partial charge in [0.15, 0.2) is 0 Å². The van der Waals surface area contributed by atoms with Crippen LogP contribution < -0.4 is 0 Å². The minimum absolute atomic E-state index is 0.0257. The van der Waals surface area contributed by atoms with Crippen molar-refractivity contribution in [3.63, 3.8) is 0 Å². The quantitative estimate of drug-likeness (QED) is 0.496. The van der Waals surface area contributed by atoms with E-state index in [9.17, 15) is 18.0 Å². The van der Waals surface area contributed by atoms with Gasteiger partial charge in [-0.15, -0.1) is 0 Å². The van der Waals surface area contributed by atoms with E-state index in [1.807, 2.05) is 7.05 Å². The molecule has 1 aliphatic heterocycles. The molecule has 0 N–H and O–H groups in total. The van der Waals surface area contributed by atoms with Gasteiger partial charge in [0.25, 0.3) is 11.9 Å². The van der Waals surface area contributed by atoms with Crippen molar-refractivity contribution in [2.24, 2.45) is 5.92 Å². The maximum atomic E-state index is 13.6. The highest BCUT2D eigenvalue weighted by Crippen LogP contribution is 2.43. The zero-order valence-corrected chi connectivity index (χ0v) is 20.4. The number of benzene rings is 1. The van der Waals surface area contributed by atoms with E-state index in [-0.39, 0.29) is 29.0 Å². The van der Waals surface area contributed by atoms with E-state index in [0.29, 0.717) is 18.0 Å². The van der Waals surface area contributed by atoms with Crippen LogP contribution >= 0.6 is 0 Å². The molecule has 0 bridgehead atoms. The average Bonchev–Trinajstić information content (AvgIpc) is 3.60. The third kappa shape index (κ3) is 5.00. The Morgan fingerprint density at radius 3 is 2.67 bits per heavy atom. The predicted octanol–water partition coefficient (Wildman–Crippen LogP) is 4.64. The van der Waals surface area contributed by atoms with Gasteiger partial charge in [0.2, 0.25) is 0 Å². The number of rotatable bonds is 6. The Hall–Kier alpha value is -3.27. The van der Waals surface area contributed by atoms with E-state index in [1.165, 1.54) is 29.1 Å². The van der Waals surface area contributed by atoms with E-state index in [0.717, 1.165) is 50.5 Å². The minimum Gasteiger partial charge on any atom is -0.341 e. The highest BCUT2D eigenvalue weighted by atomic mass is 19.4. The van der Waals surface area contributed by atoms with Gasteiger partial charge in [-0.1, -0.05) is 18.2 Å². The molecule has 3 heterocycles. The van der Waals surface area contributed by atoms with Gasteiger partial charge in [-0.05, 0) is 57.3 Å². The van der Waals surface area contributed by atoms with Gasteiger partial charge >= 0.3 is 6.18 Å². The number of aromatic nitrogens is 4. The van der Waals surface area contributed by atoms with E-state index in [2.05, 4.69) is 27.0 Å². The first-order chi connectivity index (χ1) is 17.2. The third-order valence-corrected chi connectivity index (χ3v) is 6.94. The van der Waals surface area contributed by atoms with Crippen molar-refractivity contribution in [1.29, 1.82) is 0 Å². The molecule has 0 spiro atoms. The Bertz CT molecular complexity index is 1250. The molecule has 1 amide bonds. The fraction of sp³-hybridized carbons (Fsp3) is 0.462. The lowest BCUT2D eigenvalue weighted by atomic mass is 9.97. The van der Waals surface area contributed by atoms with Gasteiger partial charge in [0.1, 0.15) is 0 Å². The number of piperidine rings is 1. The lowest BCUT2D eigenvalue weighted by Crippen LogP contribution is -2.40. The van der Waals surface area contributed by atoms with Crippen molar-refractivity contribution in [3.8, 4) is 17.2 Å². The minimum atomic E-state index is -4.51. The number of carbonyl (C=O) groups is 1. The number of alkyl halides is 3. The van der Waals surface area contributed by atoms with E-state index >= 15 is 0 Å². The maximum Gasteiger partial charge on any atom is 0.417 e. The zero-order valence-electron chi connectivity index (χ0n) is 20.4. The molecule has 0 radical (unpaired) electrons. The summed E-state index contributed by atoms with van der Waals surface area (Å²) < 4.78 is 42.3. The molecule has 10 heteroatoms. The second-order valence-corrected chi connectivity index (χ2v) is 9.87. The smallest absolute Gasteiger partial charge is 0.341 e. The molecule has 1 aliphatic carbocycles. The molecule has 2 aromatic heterocycles. The molecule has 1 saturated heterocycles. The summed E-state index contributed by atoms with van der Waals surface area (Å²) in [6, 6.07) is 6.79. The lowest BCUT2D eigenvalue weighted by Gasteiger charge is -2.32. The number of carbonyl (C=O) groups excluding carboxylic acids is 1. The number of likely N-dealkylation sites (tertiary alicyclic amines) is 1. The Morgan fingerprint density at radius 2 is 1.94 bits per heavy atom. The summed E-state index contributed by atoms with van der Waals surface area (Å²) in [4.78, 5) is 26.2. The van der Waals surface area contributed by atoms with Crippen molar-refractivity contribution in [2.45, 2.75) is 37.8 Å². The van der Waals surface area contributed by atoms with Crippen molar-refractivity contribution >= 4 is 5.91 Å². The van der Waals surface area contributed by atoms with Crippen LogP contribution in [0.4, 0.5) is 13.2 Å². The number of hydrogen-bond donors (Lipinski definition) is 0. The summed E-state index contributed by atoms with van der Waals surface area (Å²) in [5.41, 5.74) is 0.602. The van der Waals surface area contributed by atoms with Crippen LogP contribution in [0.1, 0.15) is 53.2 Å². The molecule has 36 heavy (non-hydrogen) atoms. The van der Waals surface area contributed by atoms with Crippen LogP contribution in [0.5, 0.6) is 0 Å². The van der Waals surface area contributed by atoms with Crippen LogP contribution in [-0.4, -0.2) is 69.2 Å². The number of amides is 1. The summed E-state index contributed by atoms with van der Waals surface area (Å²) in [5.74, 6) is 0.623. The molecule has 1 unspecified atom stereocenters. The summed E-state index contributed by atoms with van der Waals surface area (Å²) in [5, 5.41) is 4.43. The van der Waals surface area contributed by atoms with E-state index in [4.69, 9.17) is 0 Å². The first-order valence-electron chi connectivity index (χ1n) is 12.2. The summed E-state index contributed by atoms with van der Waals surface area (Å²) in [7, 11) is 3.92. The summed E-state index contributed by atoms with van der Waals surface area (Å²) in [6.45, 7) is 2.71. The number of halogens is 3. The molecular weight excluding hydrogens is 469 g/mol. The normalized spacial score (nSPS) is 18.9. The zero-order chi connectivity index (χ0) is 25.4. The molecule has 2 fully saturated rings. The maximum absolute atomic E-state index is 13.6. The molecule has 1 saturated carbocycles. The molecule has 190 valence electrons. The Balaban J connectivity index is 1.45. The molecular formula is C26H29F3N6O. The predicted molar refractivity (Wildman–Crippen MR) is 129 cm³/mol. The number of hydrogen-bond acceptors (Lipinski definition) is 5. The van der Waals surface area contributed by atoms with Gasteiger partial charge < -0.3 is 9.80 Å². The molecule has 3 aromatic rings. The molecule has 1 aromatic carbocycles. The van der Waals surface area contributed by atoms with Crippen molar-refractivity contribution in [3.05, 3.63) is 59.5 Å². The molecule has 1 atom stereocenters. The van der Waals surface area contributed by atoms with Gasteiger partial charge in [0, 0.05) is 37.8 Å². The van der Waals surface area contributed by atoms with Crippen molar-refractivity contribution in [2.75, 3.05) is 33.7 Å². The largest absolute Gasteiger partial charge is 0.417 e. The van der Waals surface area contributed by atoms with Gasteiger partial charge in [-0.3, -0.25) is 4.79 Å². The Labute approximate surface area is 208 Å². The van der Waals surface area contributed by atoms with Crippen molar-refractivity contribution in [1.82, 2.24) is 29.5 Å².